The number of amides is 1. The minimum atomic E-state index is -0.0268. The van der Waals surface area contributed by atoms with Crippen molar-refractivity contribution in [1.82, 2.24) is 10.2 Å². The second kappa shape index (κ2) is 10.2. The molecule has 0 bridgehead atoms. The normalized spacial score (nSPS) is 18.2. The molecule has 0 heterocycles. The van der Waals surface area contributed by atoms with E-state index in [9.17, 15) is 4.79 Å². The van der Waals surface area contributed by atoms with E-state index < -0.39 is 0 Å². The molecule has 3 N–H and O–H groups in total. The van der Waals surface area contributed by atoms with E-state index in [2.05, 4.69) is 31.1 Å². The van der Waals surface area contributed by atoms with Gasteiger partial charge in [-0.3, -0.25) is 4.79 Å². The van der Waals surface area contributed by atoms with Gasteiger partial charge in [-0.05, 0) is 45.2 Å². The molecular formula is C17H35N3O. The lowest BCUT2D eigenvalue weighted by molar-refractivity contribution is -0.125. The zero-order chi connectivity index (χ0) is 15.7. The first-order chi connectivity index (χ1) is 10.0. The van der Waals surface area contributed by atoms with E-state index >= 15 is 0 Å². The van der Waals surface area contributed by atoms with Gasteiger partial charge in [-0.2, -0.15) is 0 Å². The van der Waals surface area contributed by atoms with Gasteiger partial charge in [-0.1, -0.05) is 33.1 Å². The van der Waals surface area contributed by atoms with Crippen molar-refractivity contribution in [3.8, 4) is 0 Å². The summed E-state index contributed by atoms with van der Waals surface area (Å²) < 4.78 is 0. The van der Waals surface area contributed by atoms with Crippen molar-refractivity contribution in [1.29, 1.82) is 0 Å². The number of carbonyl (C=O) groups is 1. The summed E-state index contributed by atoms with van der Waals surface area (Å²) in [6.45, 7) is 6.56. The molecule has 0 aromatic carbocycles. The Balaban J connectivity index is 2.15. The van der Waals surface area contributed by atoms with E-state index in [1.54, 1.807) is 0 Å². The fourth-order valence-corrected chi connectivity index (χ4v) is 3.27. The average molecular weight is 297 g/mol. The van der Waals surface area contributed by atoms with Crippen LogP contribution in [0, 0.1) is 11.8 Å². The molecule has 1 aliphatic carbocycles. The van der Waals surface area contributed by atoms with E-state index in [1.807, 2.05) is 0 Å². The fourth-order valence-electron chi connectivity index (χ4n) is 3.27. The van der Waals surface area contributed by atoms with Crippen LogP contribution in [0.1, 0.15) is 58.8 Å². The largest absolute Gasteiger partial charge is 0.356 e. The van der Waals surface area contributed by atoms with Crippen LogP contribution in [0.5, 0.6) is 0 Å². The number of nitrogens with one attached hydrogen (secondary N) is 1. The highest BCUT2D eigenvalue weighted by molar-refractivity contribution is 5.78. The predicted molar refractivity (Wildman–Crippen MR) is 89.1 cm³/mol. The molecule has 1 saturated carbocycles. The Labute approximate surface area is 130 Å². The van der Waals surface area contributed by atoms with Crippen LogP contribution in [0.2, 0.25) is 0 Å². The smallest absolute Gasteiger partial charge is 0.224 e. The summed E-state index contributed by atoms with van der Waals surface area (Å²) in [7, 11) is 2.22. The third kappa shape index (κ3) is 7.28. The molecule has 0 aromatic heterocycles. The maximum Gasteiger partial charge on any atom is 0.224 e. The van der Waals surface area contributed by atoms with Crippen LogP contribution in [0.15, 0.2) is 0 Å². The summed E-state index contributed by atoms with van der Waals surface area (Å²) in [5.41, 5.74) is 5.70. The third-order valence-corrected chi connectivity index (χ3v) is 4.60. The number of nitrogens with zero attached hydrogens (tertiary/aromatic N) is 1. The second-order valence-electron chi connectivity index (χ2n) is 6.98. The Morgan fingerprint density at radius 1 is 1.29 bits per heavy atom. The highest BCUT2D eigenvalue weighted by Gasteiger charge is 2.19. The molecule has 4 nitrogen and oxygen atoms in total. The SMILES string of the molecule is CC(C)CC(CN)C(=O)NCCCN(C)C1CCCCC1. The summed E-state index contributed by atoms with van der Waals surface area (Å²) in [6.07, 6.45) is 8.73. The Morgan fingerprint density at radius 2 is 1.95 bits per heavy atom. The van der Waals surface area contributed by atoms with Gasteiger partial charge in [-0.15, -0.1) is 0 Å². The van der Waals surface area contributed by atoms with Gasteiger partial charge in [0, 0.05) is 19.1 Å². The number of nitrogens with two attached hydrogens (primary N) is 1. The minimum Gasteiger partial charge on any atom is -0.356 e. The zero-order valence-electron chi connectivity index (χ0n) is 14.2. The molecule has 1 rings (SSSR count). The molecule has 0 saturated heterocycles. The summed E-state index contributed by atoms with van der Waals surface area (Å²) in [6, 6.07) is 0.757. The van der Waals surface area contributed by atoms with E-state index in [0.29, 0.717) is 12.5 Å². The Bertz CT molecular complexity index is 288. The molecule has 4 heteroatoms. The lowest BCUT2D eigenvalue weighted by Gasteiger charge is -2.31. The van der Waals surface area contributed by atoms with Crippen molar-refractivity contribution in [2.24, 2.45) is 17.6 Å². The van der Waals surface area contributed by atoms with Crippen LogP contribution in [0.25, 0.3) is 0 Å². The van der Waals surface area contributed by atoms with Crippen LogP contribution in [0.3, 0.4) is 0 Å². The topological polar surface area (TPSA) is 58.4 Å². The van der Waals surface area contributed by atoms with Crippen molar-refractivity contribution in [2.45, 2.75) is 64.8 Å². The highest BCUT2D eigenvalue weighted by atomic mass is 16.1. The molecule has 1 unspecified atom stereocenters. The van der Waals surface area contributed by atoms with Crippen LogP contribution < -0.4 is 11.1 Å². The first kappa shape index (κ1) is 18.4. The van der Waals surface area contributed by atoms with E-state index in [-0.39, 0.29) is 11.8 Å². The van der Waals surface area contributed by atoms with Crippen molar-refractivity contribution < 1.29 is 4.79 Å². The summed E-state index contributed by atoms with van der Waals surface area (Å²) >= 11 is 0. The van der Waals surface area contributed by atoms with Gasteiger partial charge in [0.1, 0.15) is 0 Å². The second-order valence-corrected chi connectivity index (χ2v) is 6.98. The van der Waals surface area contributed by atoms with E-state index in [4.69, 9.17) is 5.73 Å². The lowest BCUT2D eigenvalue weighted by atomic mass is 9.94. The molecule has 21 heavy (non-hydrogen) atoms. The number of hydrogen-bond donors (Lipinski definition) is 2. The van der Waals surface area contributed by atoms with Gasteiger partial charge >= 0.3 is 0 Å². The Hall–Kier alpha value is -0.610. The van der Waals surface area contributed by atoms with Gasteiger partial charge in [0.05, 0.1) is 5.92 Å². The van der Waals surface area contributed by atoms with Crippen molar-refractivity contribution in [3.63, 3.8) is 0 Å². The lowest BCUT2D eigenvalue weighted by Crippen LogP contribution is -2.38. The van der Waals surface area contributed by atoms with Crippen LogP contribution in [0.4, 0.5) is 0 Å². The number of hydrogen-bond acceptors (Lipinski definition) is 3. The fraction of sp³-hybridized carbons (Fsp3) is 0.941. The maximum absolute atomic E-state index is 12.1. The van der Waals surface area contributed by atoms with Gasteiger partial charge in [0.25, 0.3) is 0 Å². The molecular weight excluding hydrogens is 262 g/mol. The van der Waals surface area contributed by atoms with Gasteiger partial charge < -0.3 is 16.0 Å². The van der Waals surface area contributed by atoms with Crippen molar-refractivity contribution >= 4 is 5.91 Å². The van der Waals surface area contributed by atoms with Gasteiger partial charge in [0.2, 0.25) is 5.91 Å². The highest BCUT2D eigenvalue weighted by Crippen LogP contribution is 2.21. The molecule has 0 radical (unpaired) electrons. The molecule has 1 aliphatic rings. The molecule has 0 spiro atoms. The molecule has 1 atom stereocenters. The van der Waals surface area contributed by atoms with Crippen LogP contribution in [-0.2, 0) is 4.79 Å². The first-order valence-corrected chi connectivity index (χ1v) is 8.72. The van der Waals surface area contributed by atoms with E-state index in [0.717, 1.165) is 32.0 Å². The molecule has 1 fully saturated rings. The third-order valence-electron chi connectivity index (χ3n) is 4.60. The zero-order valence-corrected chi connectivity index (χ0v) is 14.2. The summed E-state index contributed by atoms with van der Waals surface area (Å²) in [5, 5.41) is 3.05. The standard InChI is InChI=1S/C17H35N3O/c1-14(2)12-15(13-18)17(21)19-10-7-11-20(3)16-8-5-4-6-9-16/h14-16H,4-13,18H2,1-3H3,(H,19,21). The van der Waals surface area contributed by atoms with Crippen LogP contribution >= 0.6 is 0 Å². The minimum absolute atomic E-state index is 0.0268. The Morgan fingerprint density at radius 3 is 2.52 bits per heavy atom. The molecule has 124 valence electrons. The van der Waals surface area contributed by atoms with Gasteiger partial charge in [0.15, 0.2) is 0 Å². The quantitative estimate of drug-likeness (QED) is 0.642. The summed E-state index contributed by atoms with van der Waals surface area (Å²) in [4.78, 5) is 14.5. The Kier molecular flexibility index (Phi) is 8.93. The maximum atomic E-state index is 12.1. The van der Waals surface area contributed by atoms with Gasteiger partial charge in [-0.25, -0.2) is 0 Å². The molecule has 1 amide bonds. The van der Waals surface area contributed by atoms with Crippen LogP contribution in [-0.4, -0.2) is 43.5 Å². The molecule has 0 aromatic rings. The number of carbonyl (C=O) groups excluding carboxylic acids is 1. The predicted octanol–water partition coefficient (Wildman–Crippen LogP) is 2.38. The monoisotopic (exact) mass is 297 g/mol. The van der Waals surface area contributed by atoms with Crippen molar-refractivity contribution in [3.05, 3.63) is 0 Å². The first-order valence-electron chi connectivity index (χ1n) is 8.72. The number of rotatable bonds is 9. The van der Waals surface area contributed by atoms with E-state index in [1.165, 1.54) is 32.1 Å². The summed E-state index contributed by atoms with van der Waals surface area (Å²) in [5.74, 6) is 0.620. The molecule has 0 aliphatic heterocycles. The van der Waals surface area contributed by atoms with Crippen molar-refractivity contribution in [2.75, 3.05) is 26.7 Å². The average Bonchev–Trinajstić information content (AvgIpc) is 2.49.